The molecule has 0 atom stereocenters. The molecule has 170 valence electrons. The van der Waals surface area contributed by atoms with Gasteiger partial charge in [-0.25, -0.2) is 9.67 Å². The Labute approximate surface area is 200 Å². The van der Waals surface area contributed by atoms with Crippen molar-refractivity contribution in [3.8, 4) is 11.3 Å². The van der Waals surface area contributed by atoms with Crippen LogP contribution in [0, 0.1) is 13.8 Å². The second-order valence-electron chi connectivity index (χ2n) is 8.13. The minimum atomic E-state index is -0.292. The molecule has 7 nitrogen and oxygen atoms in total. The van der Waals surface area contributed by atoms with Gasteiger partial charge in [-0.2, -0.15) is 5.10 Å². The summed E-state index contributed by atoms with van der Waals surface area (Å²) in [5, 5.41) is 11.1. The van der Waals surface area contributed by atoms with Crippen LogP contribution in [0.4, 0.5) is 11.4 Å². The zero-order chi connectivity index (χ0) is 23.9. The molecule has 3 heterocycles. The highest BCUT2D eigenvalue weighted by Crippen LogP contribution is 2.33. The highest BCUT2D eigenvalue weighted by molar-refractivity contribution is 7.12. The fourth-order valence-electron chi connectivity index (χ4n) is 3.69. The molecule has 0 aliphatic carbocycles. The summed E-state index contributed by atoms with van der Waals surface area (Å²) in [5.74, 6) is -0.513. The first-order valence-corrected chi connectivity index (χ1v) is 11.7. The second-order valence-corrected chi connectivity index (χ2v) is 10.00. The third kappa shape index (κ3) is 4.62. The monoisotopic (exact) mass is 481 g/mol. The van der Waals surface area contributed by atoms with Crippen LogP contribution < -0.4 is 10.6 Å². The number of benzene rings is 1. The maximum atomic E-state index is 13.4. The standard InChI is InChI=1S/C24H24ClN5O2S/c1-12(2)30-23-19(11-26-30)18(10-22(29-23)17-8-13(3)33-14(17)4)24(32)28-16-6-7-21(20(25)9-16)27-15(5)31/h6-12H,1-5H3,(H,27,31)(H,28,32). The molecule has 0 aliphatic heterocycles. The van der Waals surface area contributed by atoms with Gasteiger partial charge >= 0.3 is 0 Å². The molecule has 0 bridgehead atoms. The van der Waals surface area contributed by atoms with E-state index in [0.29, 0.717) is 33.0 Å². The summed E-state index contributed by atoms with van der Waals surface area (Å²) in [5.41, 5.74) is 3.88. The van der Waals surface area contributed by atoms with Crippen LogP contribution in [0.5, 0.6) is 0 Å². The van der Waals surface area contributed by atoms with Crippen molar-refractivity contribution in [2.75, 3.05) is 10.6 Å². The number of aryl methyl sites for hydroxylation is 2. The minimum absolute atomic E-state index is 0.0894. The lowest BCUT2D eigenvalue weighted by Gasteiger charge is -2.12. The maximum absolute atomic E-state index is 13.4. The molecule has 2 amide bonds. The number of hydrogen-bond donors (Lipinski definition) is 2. The van der Waals surface area contributed by atoms with Crippen molar-refractivity contribution in [3.05, 3.63) is 56.9 Å². The predicted molar refractivity (Wildman–Crippen MR) is 134 cm³/mol. The number of carbonyl (C=O) groups is 2. The summed E-state index contributed by atoms with van der Waals surface area (Å²) >= 11 is 7.97. The highest BCUT2D eigenvalue weighted by atomic mass is 35.5. The van der Waals surface area contributed by atoms with E-state index in [9.17, 15) is 9.59 Å². The van der Waals surface area contributed by atoms with E-state index in [0.717, 1.165) is 16.1 Å². The summed E-state index contributed by atoms with van der Waals surface area (Å²) in [6.07, 6.45) is 1.68. The van der Waals surface area contributed by atoms with Gasteiger partial charge in [-0.3, -0.25) is 9.59 Å². The maximum Gasteiger partial charge on any atom is 0.256 e. The Kier molecular flexibility index (Phi) is 6.23. The highest BCUT2D eigenvalue weighted by Gasteiger charge is 2.20. The van der Waals surface area contributed by atoms with Crippen molar-refractivity contribution in [3.63, 3.8) is 0 Å². The lowest BCUT2D eigenvalue weighted by Crippen LogP contribution is -2.14. The molecule has 3 aromatic heterocycles. The lowest BCUT2D eigenvalue weighted by atomic mass is 10.1. The van der Waals surface area contributed by atoms with E-state index in [4.69, 9.17) is 16.6 Å². The van der Waals surface area contributed by atoms with Crippen LogP contribution in [0.1, 0.15) is 46.9 Å². The molecule has 0 spiro atoms. The zero-order valence-corrected chi connectivity index (χ0v) is 20.6. The van der Waals surface area contributed by atoms with Gasteiger partial charge in [-0.15, -0.1) is 11.3 Å². The average Bonchev–Trinajstić information content (AvgIpc) is 3.31. The minimum Gasteiger partial charge on any atom is -0.325 e. The first kappa shape index (κ1) is 22.9. The van der Waals surface area contributed by atoms with E-state index in [1.807, 2.05) is 24.6 Å². The molecule has 0 radical (unpaired) electrons. The molecule has 9 heteroatoms. The van der Waals surface area contributed by atoms with Crippen molar-refractivity contribution in [2.24, 2.45) is 0 Å². The molecule has 0 unspecified atom stereocenters. The molecule has 0 saturated carbocycles. The van der Waals surface area contributed by atoms with Gasteiger partial charge in [0.1, 0.15) is 0 Å². The van der Waals surface area contributed by atoms with E-state index in [-0.39, 0.29) is 17.9 Å². The molecule has 4 rings (SSSR count). The Morgan fingerprint density at radius 1 is 1.12 bits per heavy atom. The number of anilines is 2. The van der Waals surface area contributed by atoms with Crippen molar-refractivity contribution in [2.45, 2.75) is 40.7 Å². The van der Waals surface area contributed by atoms with Gasteiger partial charge in [-0.1, -0.05) is 11.6 Å². The number of fused-ring (bicyclic) bond motifs is 1. The molecule has 2 N–H and O–H groups in total. The van der Waals surface area contributed by atoms with Gasteiger partial charge in [0.05, 0.1) is 33.6 Å². The number of hydrogen-bond acceptors (Lipinski definition) is 5. The van der Waals surface area contributed by atoms with E-state index in [1.165, 1.54) is 11.8 Å². The van der Waals surface area contributed by atoms with Crippen molar-refractivity contribution in [1.29, 1.82) is 0 Å². The second kappa shape index (κ2) is 8.96. The van der Waals surface area contributed by atoms with Gasteiger partial charge in [-0.05, 0) is 58.0 Å². The number of amides is 2. The largest absolute Gasteiger partial charge is 0.325 e. The Hall–Kier alpha value is -3.23. The molecule has 4 aromatic rings. The van der Waals surface area contributed by atoms with Crippen LogP contribution in [0.25, 0.3) is 22.3 Å². The van der Waals surface area contributed by atoms with E-state index < -0.39 is 0 Å². The number of pyridine rings is 1. The zero-order valence-electron chi connectivity index (χ0n) is 19.0. The predicted octanol–water partition coefficient (Wildman–Crippen LogP) is 6.22. The van der Waals surface area contributed by atoms with Crippen LogP contribution in [0.15, 0.2) is 36.5 Å². The molecule has 33 heavy (non-hydrogen) atoms. The van der Waals surface area contributed by atoms with Crippen molar-refractivity contribution < 1.29 is 9.59 Å². The Balaban J connectivity index is 1.77. The van der Waals surface area contributed by atoms with Gasteiger partial charge in [0.15, 0.2) is 5.65 Å². The topological polar surface area (TPSA) is 88.9 Å². The number of halogens is 1. The number of carbonyl (C=O) groups excluding carboxylic acids is 2. The molecule has 0 aliphatic rings. The summed E-state index contributed by atoms with van der Waals surface area (Å²) in [4.78, 5) is 31.9. The van der Waals surface area contributed by atoms with Gasteiger partial charge in [0.2, 0.25) is 5.91 Å². The Morgan fingerprint density at radius 3 is 2.48 bits per heavy atom. The summed E-state index contributed by atoms with van der Waals surface area (Å²) in [6.45, 7) is 9.57. The SMILES string of the molecule is CC(=O)Nc1ccc(NC(=O)c2cc(-c3cc(C)sc3C)nc3c2cnn3C(C)C)cc1Cl. The first-order valence-electron chi connectivity index (χ1n) is 10.5. The molecule has 0 fully saturated rings. The fourth-order valence-corrected chi connectivity index (χ4v) is 4.85. The fraction of sp³-hybridized carbons (Fsp3) is 0.250. The van der Waals surface area contributed by atoms with Gasteiger partial charge in [0.25, 0.3) is 5.91 Å². The van der Waals surface area contributed by atoms with Crippen LogP contribution in [-0.2, 0) is 4.79 Å². The Morgan fingerprint density at radius 2 is 1.88 bits per heavy atom. The number of rotatable bonds is 5. The van der Waals surface area contributed by atoms with Gasteiger partial charge in [0, 0.05) is 34.0 Å². The van der Waals surface area contributed by atoms with E-state index in [1.54, 1.807) is 35.7 Å². The third-order valence-electron chi connectivity index (χ3n) is 5.16. The van der Waals surface area contributed by atoms with Crippen molar-refractivity contribution >= 4 is 57.2 Å². The number of nitrogens with one attached hydrogen (secondary N) is 2. The first-order chi connectivity index (χ1) is 15.6. The lowest BCUT2D eigenvalue weighted by molar-refractivity contribution is -0.114. The molecule has 1 aromatic carbocycles. The van der Waals surface area contributed by atoms with Crippen LogP contribution >= 0.6 is 22.9 Å². The average molecular weight is 482 g/mol. The van der Waals surface area contributed by atoms with Crippen LogP contribution in [-0.4, -0.2) is 26.6 Å². The van der Waals surface area contributed by atoms with Gasteiger partial charge < -0.3 is 10.6 Å². The van der Waals surface area contributed by atoms with Crippen molar-refractivity contribution in [1.82, 2.24) is 14.8 Å². The number of nitrogens with zero attached hydrogens (tertiary/aromatic N) is 3. The van der Waals surface area contributed by atoms with Crippen LogP contribution in [0.3, 0.4) is 0 Å². The molecule has 0 saturated heterocycles. The van der Waals surface area contributed by atoms with E-state index in [2.05, 4.69) is 35.6 Å². The third-order valence-corrected chi connectivity index (χ3v) is 6.43. The normalized spacial score (nSPS) is 11.2. The molecular weight excluding hydrogens is 458 g/mol. The summed E-state index contributed by atoms with van der Waals surface area (Å²) < 4.78 is 1.82. The Bertz CT molecular complexity index is 1390. The summed E-state index contributed by atoms with van der Waals surface area (Å²) in [6, 6.07) is 8.94. The molecular formula is C24H24ClN5O2S. The van der Waals surface area contributed by atoms with Crippen LogP contribution in [0.2, 0.25) is 5.02 Å². The van der Waals surface area contributed by atoms with E-state index >= 15 is 0 Å². The number of aromatic nitrogens is 3. The number of thiophene rings is 1. The smallest absolute Gasteiger partial charge is 0.256 e. The quantitative estimate of drug-likeness (QED) is 0.354. The summed E-state index contributed by atoms with van der Waals surface area (Å²) in [7, 11) is 0.